The SMILES string of the molecule is COC(=O)[C@H](Cc1ccccc1)Sc1ccccc1N. The van der Waals surface area contributed by atoms with Crippen LogP contribution in [0, 0.1) is 0 Å². The molecule has 0 aliphatic rings. The summed E-state index contributed by atoms with van der Waals surface area (Å²) in [6.45, 7) is 0. The lowest BCUT2D eigenvalue weighted by molar-refractivity contribution is -0.139. The number of para-hydroxylation sites is 1. The fourth-order valence-corrected chi connectivity index (χ4v) is 3.01. The van der Waals surface area contributed by atoms with Crippen molar-refractivity contribution in [3.63, 3.8) is 0 Å². The van der Waals surface area contributed by atoms with Crippen molar-refractivity contribution >= 4 is 23.4 Å². The van der Waals surface area contributed by atoms with Gasteiger partial charge in [0, 0.05) is 10.6 Å². The molecule has 2 aromatic carbocycles. The smallest absolute Gasteiger partial charge is 0.319 e. The summed E-state index contributed by atoms with van der Waals surface area (Å²) in [5.41, 5.74) is 7.71. The first-order chi connectivity index (χ1) is 9.70. The third kappa shape index (κ3) is 3.78. The van der Waals surface area contributed by atoms with Gasteiger partial charge in [0.1, 0.15) is 5.25 Å². The van der Waals surface area contributed by atoms with Crippen LogP contribution in [0.1, 0.15) is 5.56 Å². The van der Waals surface area contributed by atoms with Gasteiger partial charge >= 0.3 is 5.97 Å². The number of rotatable bonds is 5. The third-order valence-corrected chi connectivity index (χ3v) is 4.19. The molecule has 3 nitrogen and oxygen atoms in total. The van der Waals surface area contributed by atoms with Gasteiger partial charge in [0.05, 0.1) is 7.11 Å². The Balaban J connectivity index is 2.16. The van der Waals surface area contributed by atoms with Gasteiger partial charge in [-0.05, 0) is 24.1 Å². The van der Waals surface area contributed by atoms with Crippen molar-refractivity contribution in [2.75, 3.05) is 12.8 Å². The zero-order chi connectivity index (χ0) is 14.4. The molecule has 2 aromatic rings. The number of hydrogen-bond acceptors (Lipinski definition) is 4. The van der Waals surface area contributed by atoms with Gasteiger partial charge in [0.2, 0.25) is 0 Å². The van der Waals surface area contributed by atoms with E-state index in [2.05, 4.69) is 0 Å². The van der Waals surface area contributed by atoms with Crippen LogP contribution in [0.3, 0.4) is 0 Å². The monoisotopic (exact) mass is 287 g/mol. The molecule has 1 atom stereocenters. The Morgan fingerprint density at radius 2 is 1.80 bits per heavy atom. The predicted octanol–water partition coefficient (Wildman–Crippen LogP) is 3.15. The summed E-state index contributed by atoms with van der Waals surface area (Å²) >= 11 is 1.44. The van der Waals surface area contributed by atoms with Crippen LogP contribution in [-0.4, -0.2) is 18.3 Å². The molecule has 0 fully saturated rings. The summed E-state index contributed by atoms with van der Waals surface area (Å²) in [7, 11) is 1.41. The van der Waals surface area contributed by atoms with Gasteiger partial charge in [-0.3, -0.25) is 4.79 Å². The van der Waals surface area contributed by atoms with Crippen LogP contribution in [0.2, 0.25) is 0 Å². The van der Waals surface area contributed by atoms with Crippen molar-refractivity contribution in [1.82, 2.24) is 0 Å². The van der Waals surface area contributed by atoms with E-state index < -0.39 is 0 Å². The van der Waals surface area contributed by atoms with E-state index in [1.54, 1.807) is 0 Å². The topological polar surface area (TPSA) is 52.3 Å². The molecular formula is C16H17NO2S. The molecule has 2 N–H and O–H groups in total. The van der Waals surface area contributed by atoms with Gasteiger partial charge in [-0.15, -0.1) is 11.8 Å². The maximum atomic E-state index is 11.9. The number of nitrogen functional groups attached to an aromatic ring is 1. The lowest BCUT2D eigenvalue weighted by Crippen LogP contribution is -2.21. The number of benzene rings is 2. The highest BCUT2D eigenvalue weighted by molar-refractivity contribution is 8.00. The number of esters is 1. The number of carbonyl (C=O) groups is 1. The normalized spacial score (nSPS) is 11.8. The molecule has 0 saturated heterocycles. The first-order valence-electron chi connectivity index (χ1n) is 6.33. The Hall–Kier alpha value is -1.94. The van der Waals surface area contributed by atoms with E-state index in [1.165, 1.54) is 18.9 Å². The van der Waals surface area contributed by atoms with E-state index in [9.17, 15) is 4.79 Å². The van der Waals surface area contributed by atoms with E-state index in [1.807, 2.05) is 54.6 Å². The van der Waals surface area contributed by atoms with E-state index in [0.717, 1.165) is 10.5 Å². The number of methoxy groups -OCH3 is 1. The minimum Gasteiger partial charge on any atom is -0.468 e. The average molecular weight is 287 g/mol. The minimum atomic E-state index is -0.299. The van der Waals surface area contributed by atoms with Crippen LogP contribution >= 0.6 is 11.8 Å². The van der Waals surface area contributed by atoms with Crippen molar-refractivity contribution in [3.05, 3.63) is 60.2 Å². The van der Waals surface area contributed by atoms with Crippen molar-refractivity contribution in [3.8, 4) is 0 Å². The van der Waals surface area contributed by atoms with Crippen molar-refractivity contribution in [1.29, 1.82) is 0 Å². The number of nitrogens with two attached hydrogens (primary N) is 1. The fourth-order valence-electron chi connectivity index (χ4n) is 1.87. The number of carbonyl (C=O) groups excluding carboxylic acids is 1. The highest BCUT2D eigenvalue weighted by atomic mass is 32.2. The maximum Gasteiger partial charge on any atom is 0.319 e. The Labute approximate surface area is 123 Å². The lowest BCUT2D eigenvalue weighted by atomic mass is 10.1. The second-order valence-electron chi connectivity index (χ2n) is 4.36. The van der Waals surface area contributed by atoms with Gasteiger partial charge < -0.3 is 10.5 Å². The van der Waals surface area contributed by atoms with Crippen LogP contribution < -0.4 is 5.73 Å². The molecular weight excluding hydrogens is 270 g/mol. The fraction of sp³-hybridized carbons (Fsp3) is 0.188. The van der Waals surface area contributed by atoms with Gasteiger partial charge in [0.15, 0.2) is 0 Å². The van der Waals surface area contributed by atoms with E-state index in [-0.39, 0.29) is 11.2 Å². The molecule has 20 heavy (non-hydrogen) atoms. The summed E-state index contributed by atoms with van der Waals surface area (Å²) in [6.07, 6.45) is 0.618. The second kappa shape index (κ2) is 7.01. The first kappa shape index (κ1) is 14.5. The van der Waals surface area contributed by atoms with Crippen LogP contribution in [0.25, 0.3) is 0 Å². The van der Waals surface area contributed by atoms with E-state index in [4.69, 9.17) is 10.5 Å². The number of anilines is 1. The van der Waals surface area contributed by atoms with Crippen LogP contribution in [0.4, 0.5) is 5.69 Å². The molecule has 4 heteroatoms. The zero-order valence-electron chi connectivity index (χ0n) is 11.3. The molecule has 0 aliphatic heterocycles. The highest BCUT2D eigenvalue weighted by Crippen LogP contribution is 2.30. The minimum absolute atomic E-state index is 0.234. The molecule has 104 valence electrons. The van der Waals surface area contributed by atoms with Gasteiger partial charge in [-0.25, -0.2) is 0 Å². The average Bonchev–Trinajstić information content (AvgIpc) is 2.49. The predicted molar refractivity (Wildman–Crippen MR) is 82.7 cm³/mol. The Kier molecular flexibility index (Phi) is 5.07. The van der Waals surface area contributed by atoms with Crippen molar-refractivity contribution < 1.29 is 9.53 Å². The molecule has 2 rings (SSSR count). The van der Waals surface area contributed by atoms with Crippen molar-refractivity contribution in [2.45, 2.75) is 16.6 Å². The standard InChI is InChI=1S/C16H17NO2S/c1-19-16(18)15(11-12-7-3-2-4-8-12)20-14-10-6-5-9-13(14)17/h2-10,15H,11,17H2,1H3/t15-/m0/s1. The largest absolute Gasteiger partial charge is 0.468 e. The molecule has 0 bridgehead atoms. The van der Waals surface area contributed by atoms with Crippen LogP contribution in [0.15, 0.2) is 59.5 Å². The molecule has 0 aromatic heterocycles. The second-order valence-corrected chi connectivity index (χ2v) is 5.60. The van der Waals surface area contributed by atoms with Gasteiger partial charge in [-0.1, -0.05) is 42.5 Å². The molecule has 0 heterocycles. The molecule has 0 amide bonds. The van der Waals surface area contributed by atoms with Gasteiger partial charge in [-0.2, -0.15) is 0 Å². The molecule has 0 unspecified atom stereocenters. The quantitative estimate of drug-likeness (QED) is 0.521. The van der Waals surface area contributed by atoms with E-state index >= 15 is 0 Å². The Bertz CT molecular complexity index is 572. The number of thioether (sulfide) groups is 1. The number of hydrogen-bond donors (Lipinski definition) is 1. The summed E-state index contributed by atoms with van der Waals surface area (Å²) in [5, 5.41) is -0.299. The van der Waals surface area contributed by atoms with Crippen molar-refractivity contribution in [2.24, 2.45) is 0 Å². The zero-order valence-corrected chi connectivity index (χ0v) is 12.1. The lowest BCUT2D eigenvalue weighted by Gasteiger charge is -2.15. The van der Waals surface area contributed by atoms with Gasteiger partial charge in [0.25, 0.3) is 0 Å². The summed E-state index contributed by atoms with van der Waals surface area (Å²) in [5.74, 6) is -0.234. The highest BCUT2D eigenvalue weighted by Gasteiger charge is 2.21. The van der Waals surface area contributed by atoms with Crippen LogP contribution in [0.5, 0.6) is 0 Å². The Morgan fingerprint density at radius 3 is 2.45 bits per heavy atom. The molecule has 0 radical (unpaired) electrons. The summed E-state index contributed by atoms with van der Waals surface area (Å²) < 4.78 is 4.90. The molecule has 0 saturated carbocycles. The van der Waals surface area contributed by atoms with Crippen LogP contribution in [-0.2, 0) is 16.0 Å². The Morgan fingerprint density at radius 1 is 1.15 bits per heavy atom. The molecule has 0 aliphatic carbocycles. The summed E-state index contributed by atoms with van der Waals surface area (Å²) in [4.78, 5) is 12.8. The molecule has 0 spiro atoms. The maximum absolute atomic E-state index is 11.9. The third-order valence-electron chi connectivity index (χ3n) is 2.92. The first-order valence-corrected chi connectivity index (χ1v) is 7.21. The number of ether oxygens (including phenoxy) is 1. The summed E-state index contributed by atoms with van der Waals surface area (Å²) in [6, 6.07) is 17.4. The van der Waals surface area contributed by atoms with E-state index in [0.29, 0.717) is 12.1 Å².